The number of hydrogen-bond donors (Lipinski definition) is 1. The monoisotopic (exact) mass is 375 g/mol. The van der Waals surface area contributed by atoms with Gasteiger partial charge in [-0.3, -0.25) is 9.36 Å². The van der Waals surface area contributed by atoms with Crippen LogP contribution in [0.15, 0.2) is 16.9 Å². The first-order valence-corrected chi connectivity index (χ1v) is 10.4. The molecule has 142 valence electrons. The average Bonchev–Trinajstić information content (AvgIpc) is 3.35. The van der Waals surface area contributed by atoms with Crippen molar-refractivity contribution in [3.05, 3.63) is 39.4 Å². The molecule has 1 N–H and O–H groups in total. The maximum Gasteiger partial charge on any atom is 0.261 e. The van der Waals surface area contributed by atoms with E-state index in [-0.39, 0.29) is 16.3 Å². The molecule has 2 atom stereocenters. The number of hydrogen-bond acceptors (Lipinski definition) is 4. The van der Waals surface area contributed by atoms with Gasteiger partial charge in [-0.15, -0.1) is 4.72 Å². The van der Waals surface area contributed by atoms with E-state index in [1.54, 1.807) is 4.57 Å². The largest absolute Gasteiger partial charge is 0.598 e. The average molecular weight is 376 g/mol. The van der Waals surface area contributed by atoms with Gasteiger partial charge < -0.3 is 4.55 Å². The van der Waals surface area contributed by atoms with Gasteiger partial charge in [0.25, 0.3) is 5.56 Å². The van der Waals surface area contributed by atoms with Crippen LogP contribution < -0.4 is 10.3 Å². The van der Waals surface area contributed by atoms with Crippen molar-refractivity contribution >= 4 is 22.3 Å². The molecule has 0 spiro atoms. The lowest BCUT2D eigenvalue weighted by Crippen LogP contribution is -2.40. The molecule has 1 saturated carbocycles. The summed E-state index contributed by atoms with van der Waals surface area (Å²) in [7, 11) is 1.81. The summed E-state index contributed by atoms with van der Waals surface area (Å²) in [5.74, 6) is 1.50. The first kappa shape index (κ1) is 19.4. The highest BCUT2D eigenvalue weighted by Gasteiger charge is 2.30. The van der Waals surface area contributed by atoms with Gasteiger partial charge in [0.05, 0.1) is 16.9 Å². The van der Waals surface area contributed by atoms with Crippen molar-refractivity contribution < 1.29 is 4.55 Å². The van der Waals surface area contributed by atoms with Gasteiger partial charge in [0.15, 0.2) is 0 Å². The van der Waals surface area contributed by atoms with Gasteiger partial charge in [-0.2, -0.15) is 0 Å². The molecule has 1 unspecified atom stereocenters. The van der Waals surface area contributed by atoms with Crippen LogP contribution >= 0.6 is 0 Å². The lowest BCUT2D eigenvalue weighted by atomic mass is 10.0. The molecule has 1 aromatic heterocycles. The van der Waals surface area contributed by atoms with Crippen molar-refractivity contribution in [3.8, 4) is 0 Å². The summed E-state index contributed by atoms with van der Waals surface area (Å²) >= 11 is -1.19. The van der Waals surface area contributed by atoms with Crippen molar-refractivity contribution in [2.24, 2.45) is 13.0 Å². The molecule has 0 bridgehead atoms. The van der Waals surface area contributed by atoms with Crippen LogP contribution in [-0.4, -0.2) is 18.9 Å². The molecule has 0 radical (unpaired) electrons. The predicted octanol–water partition coefficient (Wildman–Crippen LogP) is 3.31. The number of aryl methyl sites for hydroxylation is 1. The van der Waals surface area contributed by atoms with Gasteiger partial charge in [0, 0.05) is 30.4 Å². The molecule has 0 saturated heterocycles. The Morgan fingerprint density at radius 3 is 2.62 bits per heavy atom. The van der Waals surface area contributed by atoms with Gasteiger partial charge in [0.2, 0.25) is 0 Å². The topological polar surface area (TPSA) is 70.0 Å². The van der Waals surface area contributed by atoms with E-state index in [1.165, 1.54) is 12.8 Å². The molecule has 1 heterocycles. The highest BCUT2D eigenvalue weighted by Crippen LogP contribution is 2.32. The van der Waals surface area contributed by atoms with Crippen molar-refractivity contribution in [2.75, 3.05) is 0 Å². The van der Waals surface area contributed by atoms with E-state index in [0.717, 1.165) is 28.9 Å². The number of nitrogens with zero attached hydrogens (tertiary/aromatic N) is 2. The van der Waals surface area contributed by atoms with E-state index in [1.807, 2.05) is 53.8 Å². The molecule has 1 aromatic carbocycles. The van der Waals surface area contributed by atoms with Crippen molar-refractivity contribution in [1.82, 2.24) is 14.3 Å². The molecule has 0 aliphatic heterocycles. The summed E-state index contributed by atoms with van der Waals surface area (Å²) in [6.07, 6.45) is 3.29. The zero-order chi connectivity index (χ0) is 19.2. The lowest BCUT2D eigenvalue weighted by Gasteiger charge is -2.27. The Bertz CT molecular complexity index is 881. The first-order chi connectivity index (χ1) is 12.1. The molecular formula is C20H29N3O2S. The van der Waals surface area contributed by atoms with Crippen LogP contribution in [0.2, 0.25) is 0 Å². The van der Waals surface area contributed by atoms with E-state index in [9.17, 15) is 9.35 Å². The Morgan fingerprint density at radius 1 is 1.38 bits per heavy atom. The maximum absolute atomic E-state index is 12.9. The summed E-state index contributed by atoms with van der Waals surface area (Å²) in [4.78, 5) is 17.8. The minimum atomic E-state index is -1.19. The van der Waals surface area contributed by atoms with E-state index >= 15 is 0 Å². The highest BCUT2D eigenvalue weighted by molar-refractivity contribution is 7.90. The molecule has 2 aromatic rings. The Balaban J connectivity index is 2.08. The molecule has 6 heteroatoms. The number of benzene rings is 1. The van der Waals surface area contributed by atoms with Gasteiger partial charge in [-0.05, 0) is 65.0 Å². The second-order valence-electron chi connectivity index (χ2n) is 8.51. The maximum atomic E-state index is 12.9. The zero-order valence-corrected chi connectivity index (χ0v) is 17.4. The summed E-state index contributed by atoms with van der Waals surface area (Å²) < 4.78 is 17.0. The normalized spacial score (nSPS) is 17.5. The predicted molar refractivity (Wildman–Crippen MR) is 108 cm³/mol. The second kappa shape index (κ2) is 6.98. The van der Waals surface area contributed by atoms with Crippen LogP contribution in [0.1, 0.15) is 63.5 Å². The zero-order valence-electron chi connectivity index (χ0n) is 16.5. The number of nitrogens with one attached hydrogen (secondary N) is 1. The summed E-state index contributed by atoms with van der Waals surface area (Å²) in [5.41, 5.74) is 2.68. The minimum absolute atomic E-state index is 0.000237. The molecule has 3 rings (SSSR count). The van der Waals surface area contributed by atoms with Crippen LogP contribution in [0.4, 0.5) is 0 Å². The second-order valence-corrected chi connectivity index (χ2v) is 10.5. The third-order valence-corrected chi connectivity index (χ3v) is 6.60. The van der Waals surface area contributed by atoms with Gasteiger partial charge in [0.1, 0.15) is 10.6 Å². The Labute approximate surface area is 158 Å². The summed E-state index contributed by atoms with van der Waals surface area (Å²) in [5, 5.41) is 0.636. The van der Waals surface area contributed by atoms with Crippen LogP contribution in [0.25, 0.3) is 10.9 Å². The number of fused-ring (bicyclic) bond motifs is 1. The van der Waals surface area contributed by atoms with Crippen LogP contribution in [0, 0.1) is 12.8 Å². The number of rotatable bonds is 5. The van der Waals surface area contributed by atoms with Gasteiger partial charge >= 0.3 is 0 Å². The van der Waals surface area contributed by atoms with Crippen molar-refractivity contribution in [2.45, 2.75) is 64.7 Å². The first-order valence-electron chi connectivity index (χ1n) is 9.26. The lowest BCUT2D eigenvalue weighted by molar-refractivity contribution is 0.531. The van der Waals surface area contributed by atoms with E-state index in [4.69, 9.17) is 4.98 Å². The molecule has 1 fully saturated rings. The quantitative estimate of drug-likeness (QED) is 0.814. The molecule has 0 amide bonds. The third kappa shape index (κ3) is 3.97. The number of aromatic nitrogens is 2. The van der Waals surface area contributed by atoms with Crippen LogP contribution in [0.3, 0.4) is 0 Å². The standard InChI is InChI=1S/C20H29N3O2S/c1-12-9-15(13(2)22-26(25)20(3,4)5)18-16(10-12)19(24)23(6)17(21-18)11-14-7-8-14/h9-10,13-14,22H,7-8,11H2,1-6H3/t13?,26-/m1/s1. The third-order valence-electron chi connectivity index (χ3n) is 4.92. The molecule has 1 aliphatic carbocycles. The van der Waals surface area contributed by atoms with Crippen molar-refractivity contribution in [1.29, 1.82) is 0 Å². The smallest absolute Gasteiger partial charge is 0.261 e. The highest BCUT2D eigenvalue weighted by atomic mass is 32.2. The van der Waals surface area contributed by atoms with Gasteiger partial charge in [-0.1, -0.05) is 6.07 Å². The Morgan fingerprint density at radius 2 is 2.04 bits per heavy atom. The van der Waals surface area contributed by atoms with Crippen LogP contribution in [-0.2, 0) is 24.8 Å². The minimum Gasteiger partial charge on any atom is -0.598 e. The molecule has 1 aliphatic rings. The van der Waals surface area contributed by atoms with E-state index in [0.29, 0.717) is 11.3 Å². The van der Waals surface area contributed by atoms with Crippen LogP contribution in [0.5, 0.6) is 0 Å². The summed E-state index contributed by atoms with van der Waals surface area (Å²) in [6, 6.07) is 3.79. The Kier molecular flexibility index (Phi) is 5.21. The SMILES string of the molecule is Cc1cc(C(C)N[S@+]([O-])C(C)(C)C)c2nc(CC3CC3)n(C)c(=O)c2c1. The Hall–Kier alpha value is -1.37. The van der Waals surface area contributed by atoms with E-state index < -0.39 is 11.4 Å². The van der Waals surface area contributed by atoms with Crippen molar-refractivity contribution in [3.63, 3.8) is 0 Å². The fourth-order valence-corrected chi connectivity index (χ4v) is 3.89. The molecule has 5 nitrogen and oxygen atoms in total. The molecule has 26 heavy (non-hydrogen) atoms. The summed E-state index contributed by atoms with van der Waals surface area (Å²) in [6.45, 7) is 9.79. The fraction of sp³-hybridized carbons (Fsp3) is 0.600. The van der Waals surface area contributed by atoms with Gasteiger partial charge in [-0.25, -0.2) is 4.98 Å². The fourth-order valence-electron chi connectivity index (χ4n) is 3.09. The molecular weight excluding hydrogens is 346 g/mol. The van der Waals surface area contributed by atoms with E-state index in [2.05, 4.69) is 4.72 Å².